The molecule has 2 atom stereocenters. The minimum atomic E-state index is -2.42. The summed E-state index contributed by atoms with van der Waals surface area (Å²) in [5.74, 6) is -4.27. The lowest BCUT2D eigenvalue weighted by molar-refractivity contribution is -0.431. The van der Waals surface area contributed by atoms with Gasteiger partial charge in [0.15, 0.2) is 0 Å². The molecule has 0 aromatic heterocycles. The van der Waals surface area contributed by atoms with E-state index in [0.29, 0.717) is 0 Å². The third-order valence-electron chi connectivity index (χ3n) is 4.48. The third-order valence-corrected chi connectivity index (χ3v) is 4.48. The smallest absolute Gasteiger partial charge is 0.360 e. The Bertz CT molecular complexity index is 974. The maximum absolute atomic E-state index is 13.7. The second-order valence-corrected chi connectivity index (χ2v) is 6.12. The van der Waals surface area contributed by atoms with Gasteiger partial charge in [0.2, 0.25) is 5.78 Å². The predicted molar refractivity (Wildman–Crippen MR) is 96.0 cm³/mol. The molecule has 7 nitrogen and oxygen atoms in total. The lowest BCUT2D eigenvalue weighted by atomic mass is 9.76. The van der Waals surface area contributed by atoms with E-state index >= 15 is 0 Å². The molecule has 0 saturated carbocycles. The van der Waals surface area contributed by atoms with E-state index in [1.165, 1.54) is 25.1 Å². The van der Waals surface area contributed by atoms with Crippen LogP contribution >= 0.6 is 0 Å². The first kappa shape index (κ1) is 19.2. The van der Waals surface area contributed by atoms with Crippen molar-refractivity contribution in [1.29, 1.82) is 0 Å². The monoisotopic (exact) mass is 385 g/mol. The zero-order chi connectivity index (χ0) is 20.5. The molecule has 2 aromatic rings. The standard InChI is InChI=1S/C20H16FNO6/c1-3-27-19(24)20(18(23)15-11-14(21)9-10-16(15)28-20)17(12(2)22(25)26)13-7-5-4-6-8-13/h4-11,17H,2-3H2,1H3/t17-,20-/m1/s1. The van der Waals surface area contributed by atoms with Gasteiger partial charge in [0.1, 0.15) is 17.5 Å². The highest BCUT2D eigenvalue weighted by Gasteiger charge is 2.64. The van der Waals surface area contributed by atoms with Crippen LogP contribution in [0, 0.1) is 15.9 Å². The number of esters is 1. The molecule has 8 heteroatoms. The molecule has 1 aliphatic heterocycles. The second kappa shape index (κ2) is 7.22. The van der Waals surface area contributed by atoms with E-state index in [0.717, 1.165) is 12.1 Å². The number of hydrogen-bond acceptors (Lipinski definition) is 6. The van der Waals surface area contributed by atoms with Crippen LogP contribution in [0.15, 0.2) is 60.8 Å². The van der Waals surface area contributed by atoms with Crippen LogP contribution in [0.2, 0.25) is 0 Å². The minimum absolute atomic E-state index is 0.0588. The molecule has 0 saturated heterocycles. The summed E-state index contributed by atoms with van der Waals surface area (Å²) in [6.45, 7) is 4.90. The highest BCUT2D eigenvalue weighted by molar-refractivity contribution is 6.20. The molecule has 0 unspecified atom stereocenters. The summed E-state index contributed by atoms with van der Waals surface area (Å²) in [5, 5.41) is 11.6. The zero-order valence-electron chi connectivity index (χ0n) is 14.9. The van der Waals surface area contributed by atoms with E-state index in [4.69, 9.17) is 9.47 Å². The molecule has 0 N–H and O–H groups in total. The Morgan fingerprint density at radius 3 is 2.61 bits per heavy atom. The Morgan fingerprint density at radius 2 is 2.00 bits per heavy atom. The number of halogens is 1. The number of hydrogen-bond donors (Lipinski definition) is 0. The Balaban J connectivity index is 2.27. The second-order valence-electron chi connectivity index (χ2n) is 6.12. The topological polar surface area (TPSA) is 95.7 Å². The van der Waals surface area contributed by atoms with Crippen LogP contribution in [-0.4, -0.2) is 28.9 Å². The largest absolute Gasteiger partial charge is 0.465 e. The number of ether oxygens (including phenoxy) is 2. The molecule has 0 bridgehead atoms. The van der Waals surface area contributed by atoms with Gasteiger partial charge in [-0.2, -0.15) is 0 Å². The van der Waals surface area contributed by atoms with Gasteiger partial charge in [-0.15, -0.1) is 0 Å². The van der Waals surface area contributed by atoms with Gasteiger partial charge in [-0.25, -0.2) is 9.18 Å². The van der Waals surface area contributed by atoms with Crippen LogP contribution in [0.4, 0.5) is 4.39 Å². The fraction of sp³-hybridized carbons (Fsp3) is 0.200. The highest BCUT2D eigenvalue weighted by atomic mass is 19.1. The fourth-order valence-electron chi connectivity index (χ4n) is 3.28. The summed E-state index contributed by atoms with van der Waals surface area (Å²) in [6, 6.07) is 11.1. The fourth-order valence-corrected chi connectivity index (χ4v) is 3.28. The van der Waals surface area contributed by atoms with Crippen molar-refractivity contribution in [1.82, 2.24) is 0 Å². The third kappa shape index (κ3) is 2.92. The Morgan fingerprint density at radius 1 is 1.32 bits per heavy atom. The van der Waals surface area contributed by atoms with Crippen molar-refractivity contribution in [3.05, 3.63) is 87.9 Å². The van der Waals surface area contributed by atoms with Crippen molar-refractivity contribution >= 4 is 11.8 Å². The van der Waals surface area contributed by atoms with E-state index in [9.17, 15) is 24.1 Å². The molecule has 1 heterocycles. The Hall–Kier alpha value is -3.55. The first-order chi connectivity index (χ1) is 13.3. The number of carbonyl (C=O) groups excluding carboxylic acids is 2. The van der Waals surface area contributed by atoms with Crippen LogP contribution in [0.5, 0.6) is 5.75 Å². The number of Topliss-reactive ketones (excluding diaryl/α,β-unsaturated/α-hetero) is 1. The summed E-state index contributed by atoms with van der Waals surface area (Å²) in [7, 11) is 0. The molecule has 2 aromatic carbocycles. The Labute approximate surface area is 159 Å². The average molecular weight is 385 g/mol. The lowest BCUT2D eigenvalue weighted by Gasteiger charge is -2.31. The van der Waals surface area contributed by atoms with Crippen LogP contribution in [-0.2, 0) is 9.53 Å². The van der Waals surface area contributed by atoms with Gasteiger partial charge in [-0.05, 0) is 37.3 Å². The number of nitro groups is 1. The molecular formula is C20H16FNO6. The van der Waals surface area contributed by atoms with Crippen molar-refractivity contribution < 1.29 is 28.4 Å². The van der Waals surface area contributed by atoms with Crippen molar-refractivity contribution in [3.63, 3.8) is 0 Å². The Kier molecular flexibility index (Phi) is 4.96. The molecule has 0 radical (unpaired) electrons. The van der Waals surface area contributed by atoms with E-state index in [1.54, 1.807) is 18.2 Å². The maximum Gasteiger partial charge on any atom is 0.360 e. The maximum atomic E-state index is 13.7. The number of fused-ring (bicyclic) bond motifs is 1. The van der Waals surface area contributed by atoms with Crippen molar-refractivity contribution in [3.8, 4) is 5.75 Å². The van der Waals surface area contributed by atoms with Gasteiger partial charge < -0.3 is 9.47 Å². The number of ketones is 1. The van der Waals surface area contributed by atoms with Crippen LogP contribution in [0.1, 0.15) is 28.8 Å². The van der Waals surface area contributed by atoms with Gasteiger partial charge in [0.05, 0.1) is 17.1 Å². The van der Waals surface area contributed by atoms with E-state index in [1.807, 2.05) is 0 Å². The highest BCUT2D eigenvalue weighted by Crippen LogP contribution is 2.47. The number of rotatable bonds is 6. The first-order valence-electron chi connectivity index (χ1n) is 8.41. The molecule has 28 heavy (non-hydrogen) atoms. The SMILES string of the molecule is C=C([C@H](c1ccccc1)[C@@]1(C(=O)OCC)Oc2ccc(F)cc2C1=O)[N+](=O)[O-]. The summed E-state index contributed by atoms with van der Waals surface area (Å²) in [5.41, 5.74) is -2.97. The summed E-state index contributed by atoms with van der Waals surface area (Å²) < 4.78 is 24.5. The van der Waals surface area contributed by atoms with Crippen molar-refractivity contribution in [2.24, 2.45) is 0 Å². The molecule has 144 valence electrons. The molecule has 0 aliphatic carbocycles. The molecule has 1 aliphatic rings. The first-order valence-corrected chi connectivity index (χ1v) is 8.41. The van der Waals surface area contributed by atoms with Crippen LogP contribution < -0.4 is 4.74 Å². The molecule has 0 spiro atoms. The molecular weight excluding hydrogens is 369 g/mol. The van der Waals surface area contributed by atoms with E-state index in [2.05, 4.69) is 6.58 Å². The summed E-state index contributed by atoms with van der Waals surface area (Å²) in [4.78, 5) is 37.0. The van der Waals surface area contributed by atoms with Gasteiger partial charge in [-0.3, -0.25) is 14.9 Å². The number of nitrogens with zero attached hydrogens (tertiary/aromatic N) is 1. The van der Waals surface area contributed by atoms with E-state index in [-0.39, 0.29) is 23.5 Å². The van der Waals surface area contributed by atoms with Gasteiger partial charge in [-0.1, -0.05) is 30.3 Å². The average Bonchev–Trinajstić information content (AvgIpc) is 2.96. The molecule has 3 rings (SSSR count). The predicted octanol–water partition coefficient (Wildman–Crippen LogP) is 3.28. The van der Waals surface area contributed by atoms with E-state index < -0.39 is 39.7 Å². The summed E-state index contributed by atoms with van der Waals surface area (Å²) in [6.07, 6.45) is 0. The summed E-state index contributed by atoms with van der Waals surface area (Å²) >= 11 is 0. The normalized spacial score (nSPS) is 18.7. The van der Waals surface area contributed by atoms with Gasteiger partial charge >= 0.3 is 5.97 Å². The van der Waals surface area contributed by atoms with Crippen molar-refractivity contribution in [2.75, 3.05) is 6.61 Å². The van der Waals surface area contributed by atoms with Gasteiger partial charge in [0.25, 0.3) is 11.3 Å². The zero-order valence-corrected chi connectivity index (χ0v) is 14.9. The number of benzene rings is 2. The minimum Gasteiger partial charge on any atom is -0.465 e. The van der Waals surface area contributed by atoms with Crippen molar-refractivity contribution in [2.45, 2.75) is 18.4 Å². The van der Waals surface area contributed by atoms with Gasteiger partial charge in [0, 0.05) is 0 Å². The quantitative estimate of drug-likeness (QED) is 0.328. The number of carbonyl (C=O) groups is 2. The van der Waals surface area contributed by atoms with Crippen LogP contribution in [0.25, 0.3) is 0 Å². The van der Waals surface area contributed by atoms with Crippen LogP contribution in [0.3, 0.4) is 0 Å². The lowest BCUT2D eigenvalue weighted by Crippen LogP contribution is -2.55. The molecule has 0 amide bonds. The molecule has 0 fully saturated rings.